The van der Waals surface area contributed by atoms with Gasteiger partial charge in [0.25, 0.3) is 5.91 Å². The molecule has 0 bridgehead atoms. The molecule has 1 aromatic rings. The van der Waals surface area contributed by atoms with Crippen LogP contribution >= 0.6 is 0 Å². The van der Waals surface area contributed by atoms with Crippen LogP contribution in [0, 0.1) is 5.41 Å². The van der Waals surface area contributed by atoms with Gasteiger partial charge >= 0.3 is 5.97 Å². The minimum Gasteiger partial charge on any atom is -0.475 e. The highest BCUT2D eigenvalue weighted by Crippen LogP contribution is 2.46. The summed E-state index contributed by atoms with van der Waals surface area (Å²) in [4.78, 5) is 24.7. The number of amides is 1. The molecule has 0 unspecified atom stereocenters. The predicted octanol–water partition coefficient (Wildman–Crippen LogP) is 2.17. The second-order valence-corrected chi connectivity index (χ2v) is 5.88. The zero-order valence-corrected chi connectivity index (χ0v) is 11.3. The summed E-state index contributed by atoms with van der Waals surface area (Å²) in [6.45, 7) is 1.46. The molecule has 2 fully saturated rings. The molecule has 1 aliphatic carbocycles. The molecule has 20 heavy (non-hydrogen) atoms. The molecule has 6 heteroatoms. The molecular weight excluding hydrogens is 260 g/mol. The van der Waals surface area contributed by atoms with Crippen molar-refractivity contribution in [3.63, 3.8) is 0 Å². The van der Waals surface area contributed by atoms with Crippen LogP contribution in [0.25, 0.3) is 0 Å². The van der Waals surface area contributed by atoms with Crippen LogP contribution in [0.2, 0.25) is 0 Å². The van der Waals surface area contributed by atoms with Gasteiger partial charge in [-0.05, 0) is 31.1 Å². The van der Waals surface area contributed by atoms with E-state index in [2.05, 4.69) is 9.68 Å². The maximum absolute atomic E-state index is 12.2. The van der Waals surface area contributed by atoms with Crippen molar-refractivity contribution in [2.24, 2.45) is 5.41 Å². The van der Waals surface area contributed by atoms with Crippen molar-refractivity contribution in [3.8, 4) is 0 Å². The number of aromatic carboxylic acids is 1. The molecule has 3 rings (SSSR count). The minimum atomic E-state index is -1.21. The van der Waals surface area contributed by atoms with Gasteiger partial charge in [-0.2, -0.15) is 0 Å². The summed E-state index contributed by atoms with van der Waals surface area (Å²) in [5, 5.41) is 12.3. The Morgan fingerprint density at radius 1 is 1.20 bits per heavy atom. The summed E-state index contributed by atoms with van der Waals surface area (Å²) < 4.78 is 4.63. The number of rotatable bonds is 2. The number of carbonyl (C=O) groups is 2. The van der Waals surface area contributed by atoms with E-state index in [1.807, 2.05) is 0 Å². The van der Waals surface area contributed by atoms with E-state index in [1.165, 1.54) is 31.7 Å². The van der Waals surface area contributed by atoms with Crippen molar-refractivity contribution in [1.82, 2.24) is 10.1 Å². The van der Waals surface area contributed by atoms with Crippen LogP contribution in [0.3, 0.4) is 0 Å². The van der Waals surface area contributed by atoms with E-state index in [0.717, 1.165) is 25.9 Å². The van der Waals surface area contributed by atoms with E-state index in [1.54, 1.807) is 4.90 Å². The van der Waals surface area contributed by atoms with E-state index in [4.69, 9.17) is 5.11 Å². The monoisotopic (exact) mass is 278 g/mol. The average Bonchev–Trinajstić information content (AvgIpc) is 3.08. The maximum Gasteiger partial charge on any atom is 0.374 e. The van der Waals surface area contributed by atoms with Crippen molar-refractivity contribution >= 4 is 11.9 Å². The van der Waals surface area contributed by atoms with E-state index >= 15 is 0 Å². The normalized spacial score (nSPS) is 21.3. The van der Waals surface area contributed by atoms with Crippen molar-refractivity contribution in [3.05, 3.63) is 17.5 Å². The lowest BCUT2D eigenvalue weighted by molar-refractivity contribution is 0.0573. The Hall–Kier alpha value is -1.85. The molecular formula is C14H18N2O4. The average molecular weight is 278 g/mol. The number of carboxylic acid groups (broad SMARTS) is 1. The summed E-state index contributed by atoms with van der Waals surface area (Å²) >= 11 is 0. The number of hydrogen-bond donors (Lipinski definition) is 1. The number of nitrogens with zero attached hydrogens (tertiary/aromatic N) is 2. The third-order valence-corrected chi connectivity index (χ3v) is 4.72. The van der Waals surface area contributed by atoms with Gasteiger partial charge in [0.1, 0.15) is 0 Å². The van der Waals surface area contributed by atoms with Crippen molar-refractivity contribution in [2.45, 2.75) is 38.5 Å². The van der Waals surface area contributed by atoms with Crippen LogP contribution < -0.4 is 0 Å². The minimum absolute atomic E-state index is 0.0878. The lowest BCUT2D eigenvalue weighted by Crippen LogP contribution is -2.42. The van der Waals surface area contributed by atoms with Crippen molar-refractivity contribution in [1.29, 1.82) is 0 Å². The van der Waals surface area contributed by atoms with Crippen LogP contribution in [0.4, 0.5) is 0 Å². The standard InChI is InChI=1S/C14H18N2O4/c17-12(10-9-11(13(18)19)20-15-10)16-7-5-14(6-8-16)3-1-2-4-14/h9H,1-8H2,(H,18,19). The smallest absolute Gasteiger partial charge is 0.374 e. The number of likely N-dealkylation sites (tertiary alicyclic amines) is 1. The summed E-state index contributed by atoms with van der Waals surface area (Å²) in [5.41, 5.74) is 0.539. The highest BCUT2D eigenvalue weighted by molar-refractivity contribution is 5.94. The van der Waals surface area contributed by atoms with Gasteiger partial charge in [0.15, 0.2) is 5.69 Å². The van der Waals surface area contributed by atoms with E-state index in [9.17, 15) is 9.59 Å². The van der Waals surface area contributed by atoms with Crippen molar-refractivity contribution in [2.75, 3.05) is 13.1 Å². The molecule has 1 saturated carbocycles. The lowest BCUT2D eigenvalue weighted by atomic mass is 9.77. The molecule has 1 aromatic heterocycles. The molecule has 1 saturated heterocycles. The van der Waals surface area contributed by atoms with Gasteiger partial charge in [-0.3, -0.25) is 4.79 Å². The summed E-state index contributed by atoms with van der Waals surface area (Å²) in [7, 11) is 0. The van der Waals surface area contributed by atoms with Crippen LogP contribution in [-0.4, -0.2) is 40.1 Å². The van der Waals surface area contributed by atoms with Gasteiger partial charge in [0.05, 0.1) is 0 Å². The Kier molecular flexibility index (Phi) is 3.23. The van der Waals surface area contributed by atoms with E-state index in [-0.39, 0.29) is 17.4 Å². The molecule has 0 aromatic carbocycles. The number of carboxylic acids is 1. The Morgan fingerprint density at radius 3 is 2.40 bits per heavy atom. The van der Waals surface area contributed by atoms with E-state index < -0.39 is 5.97 Å². The second-order valence-electron chi connectivity index (χ2n) is 5.88. The number of carbonyl (C=O) groups excluding carboxylic acids is 1. The molecule has 1 amide bonds. The molecule has 2 aliphatic rings. The Bertz CT molecular complexity index is 521. The Morgan fingerprint density at radius 2 is 1.85 bits per heavy atom. The molecule has 1 spiro atoms. The fraction of sp³-hybridized carbons (Fsp3) is 0.643. The summed E-state index contributed by atoms with van der Waals surface area (Å²) in [6, 6.07) is 1.20. The zero-order chi connectivity index (χ0) is 14.2. The quantitative estimate of drug-likeness (QED) is 0.896. The van der Waals surface area contributed by atoms with Gasteiger partial charge in [0.2, 0.25) is 5.76 Å². The topological polar surface area (TPSA) is 83.6 Å². The first kappa shape index (κ1) is 13.1. The predicted molar refractivity (Wildman–Crippen MR) is 69.5 cm³/mol. The SMILES string of the molecule is O=C(O)c1cc(C(=O)N2CCC3(CCCC3)CC2)no1. The maximum atomic E-state index is 12.2. The fourth-order valence-corrected chi connectivity index (χ4v) is 3.45. The second kappa shape index (κ2) is 4.92. The molecule has 6 nitrogen and oxygen atoms in total. The Balaban J connectivity index is 1.65. The first-order valence-electron chi connectivity index (χ1n) is 7.09. The van der Waals surface area contributed by atoms with Gasteiger partial charge in [-0.25, -0.2) is 4.79 Å². The van der Waals surface area contributed by atoms with Crippen LogP contribution in [0.5, 0.6) is 0 Å². The Labute approximate surface area is 116 Å². The molecule has 1 aliphatic heterocycles. The summed E-state index contributed by atoms with van der Waals surface area (Å²) in [6.07, 6.45) is 7.26. The molecule has 2 heterocycles. The van der Waals surface area contributed by atoms with Gasteiger partial charge in [-0.15, -0.1) is 0 Å². The number of aromatic nitrogens is 1. The highest BCUT2D eigenvalue weighted by Gasteiger charge is 2.38. The van der Waals surface area contributed by atoms with Crippen molar-refractivity contribution < 1.29 is 19.2 Å². The van der Waals surface area contributed by atoms with Gasteiger partial charge in [-0.1, -0.05) is 18.0 Å². The first-order chi connectivity index (χ1) is 9.60. The zero-order valence-electron chi connectivity index (χ0n) is 11.3. The number of piperidine rings is 1. The van der Waals surface area contributed by atoms with Gasteiger partial charge in [0, 0.05) is 19.2 Å². The third kappa shape index (κ3) is 2.30. The third-order valence-electron chi connectivity index (χ3n) is 4.72. The highest BCUT2D eigenvalue weighted by atomic mass is 16.5. The molecule has 0 atom stereocenters. The molecule has 0 radical (unpaired) electrons. The first-order valence-corrected chi connectivity index (χ1v) is 7.09. The largest absolute Gasteiger partial charge is 0.475 e. The molecule has 1 N–H and O–H groups in total. The van der Waals surface area contributed by atoms with Crippen LogP contribution in [-0.2, 0) is 0 Å². The number of hydrogen-bond acceptors (Lipinski definition) is 4. The molecule has 108 valence electrons. The fourth-order valence-electron chi connectivity index (χ4n) is 3.45. The van der Waals surface area contributed by atoms with Gasteiger partial charge < -0.3 is 14.5 Å². The van der Waals surface area contributed by atoms with Crippen LogP contribution in [0.15, 0.2) is 10.6 Å². The van der Waals surface area contributed by atoms with E-state index in [0.29, 0.717) is 5.41 Å². The van der Waals surface area contributed by atoms with Crippen LogP contribution in [0.1, 0.15) is 59.6 Å². The summed E-state index contributed by atoms with van der Waals surface area (Å²) in [5.74, 6) is -1.73. The lowest BCUT2D eigenvalue weighted by Gasteiger charge is -2.39.